The Morgan fingerprint density at radius 2 is 2.14 bits per heavy atom. The van der Waals surface area contributed by atoms with Gasteiger partial charge in [-0.15, -0.1) is 0 Å². The highest BCUT2D eigenvalue weighted by molar-refractivity contribution is 5.02. The number of alkyl halides is 3. The molecule has 0 N–H and O–H groups in total. The molecule has 80 valence electrons. The molecule has 0 unspecified atom stereocenters. The van der Waals surface area contributed by atoms with Gasteiger partial charge >= 0.3 is 6.18 Å². The molecule has 1 heterocycles. The van der Waals surface area contributed by atoms with Gasteiger partial charge in [-0.25, -0.2) is 0 Å². The molecule has 0 aliphatic heterocycles. The largest absolute Gasteiger partial charge is 0.410 e. The molecule has 1 rings (SSSR count). The van der Waals surface area contributed by atoms with Crippen LogP contribution in [0.2, 0.25) is 0 Å². The topological polar surface area (TPSA) is 17.8 Å². The van der Waals surface area contributed by atoms with E-state index in [9.17, 15) is 13.2 Å². The van der Waals surface area contributed by atoms with Crippen LogP contribution in [-0.2, 0) is 6.42 Å². The fourth-order valence-electron chi connectivity index (χ4n) is 1.28. The van der Waals surface area contributed by atoms with Crippen molar-refractivity contribution in [2.75, 3.05) is 0 Å². The predicted molar refractivity (Wildman–Crippen MR) is 47.0 cm³/mol. The summed E-state index contributed by atoms with van der Waals surface area (Å²) in [6.07, 6.45) is -1.38. The number of halogens is 3. The number of hydrogen-bond donors (Lipinski definition) is 0. The number of hydrogen-bond acceptors (Lipinski definition) is 1. The first kappa shape index (κ1) is 11.1. The van der Waals surface area contributed by atoms with E-state index in [0.717, 1.165) is 18.0 Å². The van der Waals surface area contributed by atoms with Gasteiger partial charge in [-0.1, -0.05) is 13.3 Å². The van der Waals surface area contributed by atoms with Crippen molar-refractivity contribution in [2.45, 2.75) is 38.9 Å². The molecule has 0 spiro atoms. The monoisotopic (exact) mass is 206 g/mol. The third-order valence-corrected chi connectivity index (χ3v) is 2.10. The van der Waals surface area contributed by atoms with Crippen LogP contribution in [-0.4, -0.2) is 16.0 Å². The summed E-state index contributed by atoms with van der Waals surface area (Å²) in [7, 11) is 0. The van der Waals surface area contributed by atoms with Crippen LogP contribution < -0.4 is 0 Å². The van der Waals surface area contributed by atoms with Crippen molar-refractivity contribution in [3.63, 3.8) is 0 Å². The molecule has 0 bridgehead atoms. The molecule has 0 saturated carbocycles. The Bertz CT molecular complexity index is 290. The molecule has 1 aromatic rings. The summed E-state index contributed by atoms with van der Waals surface area (Å²) >= 11 is 0. The van der Waals surface area contributed by atoms with Gasteiger partial charge in [0.25, 0.3) is 0 Å². The molecule has 2 nitrogen and oxygen atoms in total. The minimum Gasteiger partial charge on any atom is -0.258 e. The van der Waals surface area contributed by atoms with Gasteiger partial charge in [0.15, 0.2) is 0 Å². The third kappa shape index (κ3) is 2.27. The van der Waals surface area contributed by atoms with Gasteiger partial charge in [0.1, 0.15) is 6.04 Å². The number of nitrogens with zero attached hydrogens (tertiary/aromatic N) is 2. The van der Waals surface area contributed by atoms with Crippen LogP contribution in [0.5, 0.6) is 0 Å². The maximum atomic E-state index is 12.4. The average molecular weight is 206 g/mol. The highest BCUT2D eigenvalue weighted by atomic mass is 19.4. The Morgan fingerprint density at radius 1 is 1.50 bits per heavy atom. The fourth-order valence-corrected chi connectivity index (χ4v) is 1.28. The van der Waals surface area contributed by atoms with Crippen molar-refractivity contribution in [1.82, 2.24) is 9.78 Å². The van der Waals surface area contributed by atoms with Crippen LogP contribution >= 0.6 is 0 Å². The lowest BCUT2D eigenvalue weighted by Gasteiger charge is -2.18. The van der Waals surface area contributed by atoms with E-state index < -0.39 is 12.2 Å². The Hall–Kier alpha value is -1.00. The zero-order valence-corrected chi connectivity index (χ0v) is 8.17. The van der Waals surface area contributed by atoms with Gasteiger partial charge in [0, 0.05) is 11.9 Å². The average Bonchev–Trinajstić information content (AvgIpc) is 2.50. The highest BCUT2D eigenvalue weighted by Gasteiger charge is 2.38. The minimum atomic E-state index is -4.23. The molecule has 0 aromatic carbocycles. The highest BCUT2D eigenvalue weighted by Crippen LogP contribution is 2.30. The summed E-state index contributed by atoms with van der Waals surface area (Å²) in [4.78, 5) is 0. The van der Waals surface area contributed by atoms with E-state index in [1.165, 1.54) is 6.20 Å². The van der Waals surface area contributed by atoms with E-state index in [2.05, 4.69) is 5.10 Å². The molecule has 1 aromatic heterocycles. The van der Waals surface area contributed by atoms with Crippen molar-refractivity contribution in [3.05, 3.63) is 18.0 Å². The van der Waals surface area contributed by atoms with Gasteiger partial charge in [-0.3, -0.25) is 4.68 Å². The zero-order chi connectivity index (χ0) is 10.8. The second-order valence-corrected chi connectivity index (χ2v) is 3.23. The van der Waals surface area contributed by atoms with Gasteiger partial charge in [0.2, 0.25) is 0 Å². The summed E-state index contributed by atoms with van der Waals surface area (Å²) < 4.78 is 38.2. The van der Waals surface area contributed by atoms with Crippen LogP contribution in [0.3, 0.4) is 0 Å². The van der Waals surface area contributed by atoms with Crippen LogP contribution in [0.4, 0.5) is 13.2 Å². The predicted octanol–water partition coefficient (Wildman–Crippen LogP) is 2.96. The summed E-state index contributed by atoms with van der Waals surface area (Å²) in [5.74, 6) is 0. The van der Waals surface area contributed by atoms with Crippen molar-refractivity contribution in [1.29, 1.82) is 0 Å². The lowest BCUT2D eigenvalue weighted by atomic mass is 10.2. The second-order valence-electron chi connectivity index (χ2n) is 3.23. The quantitative estimate of drug-likeness (QED) is 0.743. The van der Waals surface area contributed by atoms with Crippen LogP contribution in [0, 0.1) is 0 Å². The first-order chi connectivity index (χ1) is 6.46. The van der Waals surface area contributed by atoms with Crippen LogP contribution in [0.1, 0.15) is 32.0 Å². The van der Waals surface area contributed by atoms with Gasteiger partial charge in [-0.2, -0.15) is 18.3 Å². The first-order valence-electron chi connectivity index (χ1n) is 4.56. The molecule has 0 saturated heterocycles. The van der Waals surface area contributed by atoms with Crippen LogP contribution in [0.25, 0.3) is 0 Å². The third-order valence-electron chi connectivity index (χ3n) is 2.10. The van der Waals surface area contributed by atoms with E-state index in [4.69, 9.17) is 0 Å². The number of aryl methyl sites for hydroxylation is 1. The SMILES string of the molecule is CCCc1ccnn1[C@H](C)C(F)(F)F. The Kier molecular flexibility index (Phi) is 3.18. The smallest absolute Gasteiger partial charge is 0.258 e. The van der Waals surface area contributed by atoms with Crippen molar-refractivity contribution in [2.24, 2.45) is 0 Å². The Morgan fingerprint density at radius 3 is 2.64 bits per heavy atom. The summed E-state index contributed by atoms with van der Waals surface area (Å²) in [5, 5.41) is 3.70. The standard InChI is InChI=1S/C9H13F3N2/c1-3-4-8-5-6-13-14(8)7(2)9(10,11)12/h5-7H,3-4H2,1-2H3/t7-/m1/s1. The van der Waals surface area contributed by atoms with E-state index in [0.29, 0.717) is 12.1 Å². The van der Waals surface area contributed by atoms with Gasteiger partial charge < -0.3 is 0 Å². The minimum absolute atomic E-state index is 0.625. The van der Waals surface area contributed by atoms with E-state index in [-0.39, 0.29) is 0 Å². The maximum absolute atomic E-state index is 12.4. The Labute approximate surface area is 80.7 Å². The lowest BCUT2D eigenvalue weighted by Crippen LogP contribution is -2.26. The molecule has 14 heavy (non-hydrogen) atoms. The fraction of sp³-hybridized carbons (Fsp3) is 0.667. The van der Waals surface area contributed by atoms with E-state index in [1.807, 2.05) is 6.92 Å². The molecule has 0 radical (unpaired) electrons. The lowest BCUT2D eigenvalue weighted by molar-refractivity contribution is -0.165. The number of aromatic nitrogens is 2. The second kappa shape index (κ2) is 4.02. The maximum Gasteiger partial charge on any atom is 0.410 e. The van der Waals surface area contributed by atoms with Crippen LogP contribution in [0.15, 0.2) is 12.3 Å². The molecule has 0 aliphatic rings. The van der Waals surface area contributed by atoms with Gasteiger partial charge in [0.05, 0.1) is 0 Å². The van der Waals surface area contributed by atoms with Crippen molar-refractivity contribution in [3.8, 4) is 0 Å². The molecule has 5 heteroatoms. The molecule has 0 fully saturated rings. The molecular formula is C9H13F3N2. The molecule has 0 aliphatic carbocycles. The summed E-state index contributed by atoms with van der Waals surface area (Å²) in [6, 6.07) is 0.0881. The first-order valence-corrected chi connectivity index (χ1v) is 4.56. The Balaban J connectivity index is 2.89. The molecule has 1 atom stereocenters. The molecule has 0 amide bonds. The van der Waals surface area contributed by atoms with Gasteiger partial charge in [-0.05, 0) is 19.4 Å². The summed E-state index contributed by atoms with van der Waals surface area (Å²) in [6.45, 7) is 3.04. The van der Waals surface area contributed by atoms with Crippen molar-refractivity contribution >= 4 is 0 Å². The van der Waals surface area contributed by atoms with E-state index in [1.54, 1.807) is 6.07 Å². The summed E-state index contributed by atoms with van der Waals surface area (Å²) in [5.41, 5.74) is 0.636. The molecular weight excluding hydrogens is 193 g/mol. The van der Waals surface area contributed by atoms with Crippen molar-refractivity contribution < 1.29 is 13.2 Å². The zero-order valence-electron chi connectivity index (χ0n) is 8.17. The van der Waals surface area contributed by atoms with E-state index >= 15 is 0 Å². The normalized spacial score (nSPS) is 14.4. The number of rotatable bonds is 3.